The number of aromatic nitrogens is 2. The van der Waals surface area contributed by atoms with Crippen molar-refractivity contribution in [1.82, 2.24) is 25.5 Å². The molecule has 1 saturated carbocycles. The highest BCUT2D eigenvalue weighted by Gasteiger charge is 2.30. The average Bonchev–Trinajstić information content (AvgIpc) is 3.47. The zero-order valence-corrected chi connectivity index (χ0v) is 18.1. The van der Waals surface area contributed by atoms with Crippen molar-refractivity contribution in [2.45, 2.75) is 63.6 Å². The van der Waals surface area contributed by atoms with Gasteiger partial charge in [0.2, 0.25) is 11.8 Å². The second kappa shape index (κ2) is 10.6. The van der Waals surface area contributed by atoms with E-state index >= 15 is 0 Å². The van der Waals surface area contributed by atoms with E-state index in [2.05, 4.69) is 49.8 Å². The number of amides is 2. The third-order valence-electron chi connectivity index (χ3n) is 6.46. The highest BCUT2D eigenvalue weighted by atomic mass is 16.2. The van der Waals surface area contributed by atoms with E-state index in [1.54, 1.807) is 12.5 Å². The van der Waals surface area contributed by atoms with Crippen LogP contribution >= 0.6 is 0 Å². The molecule has 1 aromatic heterocycles. The minimum absolute atomic E-state index is 0.0106. The molecule has 1 aliphatic carbocycles. The normalized spacial score (nSPS) is 21.0. The van der Waals surface area contributed by atoms with Gasteiger partial charge in [-0.05, 0) is 24.8 Å². The zero-order chi connectivity index (χ0) is 21.5. The molecule has 2 aromatic rings. The Bertz CT molecular complexity index is 833. The summed E-state index contributed by atoms with van der Waals surface area (Å²) >= 11 is 0. The third kappa shape index (κ3) is 6.17. The van der Waals surface area contributed by atoms with Crippen LogP contribution in [0.15, 0.2) is 42.9 Å². The summed E-state index contributed by atoms with van der Waals surface area (Å²) < 4.78 is 0. The van der Waals surface area contributed by atoms with Gasteiger partial charge in [-0.15, -0.1) is 0 Å². The monoisotopic (exact) mass is 423 g/mol. The molecule has 0 unspecified atom stereocenters. The molecule has 31 heavy (non-hydrogen) atoms. The highest BCUT2D eigenvalue weighted by Crippen LogP contribution is 2.24. The molecule has 0 radical (unpaired) electrons. The number of hydrogen-bond donors (Lipinski definition) is 3. The first kappa shape index (κ1) is 21.6. The van der Waals surface area contributed by atoms with Gasteiger partial charge in [-0.2, -0.15) is 0 Å². The summed E-state index contributed by atoms with van der Waals surface area (Å²) in [5.41, 5.74) is 2.13. The van der Waals surface area contributed by atoms with Gasteiger partial charge in [0.15, 0.2) is 0 Å². The molecule has 2 heterocycles. The lowest BCUT2D eigenvalue weighted by atomic mass is 9.88. The Morgan fingerprint density at radius 3 is 2.68 bits per heavy atom. The first-order chi connectivity index (χ1) is 15.2. The topological polar surface area (TPSA) is 90.1 Å². The summed E-state index contributed by atoms with van der Waals surface area (Å²) in [6.07, 6.45) is 9.88. The molecular weight excluding hydrogens is 390 g/mol. The molecule has 166 valence electrons. The fourth-order valence-corrected chi connectivity index (χ4v) is 4.72. The number of benzene rings is 1. The van der Waals surface area contributed by atoms with Crippen LogP contribution in [-0.4, -0.2) is 51.9 Å². The molecule has 0 spiro atoms. The molecule has 1 saturated heterocycles. The highest BCUT2D eigenvalue weighted by molar-refractivity contribution is 5.88. The lowest BCUT2D eigenvalue weighted by molar-refractivity contribution is -0.132. The van der Waals surface area contributed by atoms with Crippen LogP contribution < -0.4 is 10.6 Å². The van der Waals surface area contributed by atoms with E-state index in [0.29, 0.717) is 6.42 Å². The van der Waals surface area contributed by atoms with Crippen LogP contribution in [0.5, 0.6) is 0 Å². The number of nitrogens with one attached hydrogen (secondary N) is 3. The molecule has 3 N–H and O–H groups in total. The van der Waals surface area contributed by atoms with Crippen LogP contribution in [0, 0.1) is 5.92 Å². The summed E-state index contributed by atoms with van der Waals surface area (Å²) in [5, 5.41) is 6.22. The third-order valence-corrected chi connectivity index (χ3v) is 6.46. The summed E-state index contributed by atoms with van der Waals surface area (Å²) in [4.78, 5) is 35.4. The van der Waals surface area contributed by atoms with Gasteiger partial charge in [0.1, 0.15) is 6.04 Å². The maximum atomic E-state index is 13.1. The molecule has 2 atom stereocenters. The minimum Gasteiger partial charge on any atom is -0.350 e. The van der Waals surface area contributed by atoms with Crippen molar-refractivity contribution in [2.75, 3.05) is 13.1 Å². The van der Waals surface area contributed by atoms with Crippen molar-refractivity contribution >= 4 is 11.8 Å². The van der Waals surface area contributed by atoms with Crippen molar-refractivity contribution in [3.8, 4) is 0 Å². The van der Waals surface area contributed by atoms with Gasteiger partial charge in [0, 0.05) is 49.9 Å². The lowest BCUT2D eigenvalue weighted by Gasteiger charge is -2.25. The van der Waals surface area contributed by atoms with Crippen molar-refractivity contribution in [3.05, 3.63) is 54.1 Å². The molecule has 2 amide bonds. The standard InChI is InChI=1S/C24H33N5O2/c30-23(19-9-5-2-6-10-19)28-22(13-21-14-25-17-26-21)24(31)27-20-11-12-29(16-20)15-18-7-3-1-4-8-18/h1,3-4,7-8,14,17,19-20,22H,2,5-6,9-13,15-16H2,(H,25,26)(H,27,31)(H,28,30)/t20-,22+/m0/s1. The number of rotatable bonds is 8. The first-order valence-corrected chi connectivity index (χ1v) is 11.5. The van der Waals surface area contributed by atoms with Crippen molar-refractivity contribution in [1.29, 1.82) is 0 Å². The van der Waals surface area contributed by atoms with E-state index in [0.717, 1.165) is 57.4 Å². The molecule has 0 bridgehead atoms. The number of carbonyl (C=O) groups is 2. The maximum Gasteiger partial charge on any atom is 0.243 e. The Labute approximate surface area is 184 Å². The molecule has 1 aliphatic heterocycles. The van der Waals surface area contributed by atoms with Crippen LogP contribution in [0.4, 0.5) is 0 Å². The van der Waals surface area contributed by atoms with E-state index < -0.39 is 6.04 Å². The smallest absolute Gasteiger partial charge is 0.243 e. The van der Waals surface area contributed by atoms with Gasteiger partial charge >= 0.3 is 0 Å². The van der Waals surface area contributed by atoms with E-state index in [-0.39, 0.29) is 23.8 Å². The second-order valence-electron chi connectivity index (χ2n) is 8.89. The Kier molecular flexibility index (Phi) is 7.35. The van der Waals surface area contributed by atoms with Gasteiger partial charge in [0.05, 0.1) is 6.33 Å². The average molecular weight is 424 g/mol. The van der Waals surface area contributed by atoms with Crippen molar-refractivity contribution in [3.63, 3.8) is 0 Å². The zero-order valence-electron chi connectivity index (χ0n) is 18.1. The SMILES string of the molecule is O=C(N[C@H](Cc1cnc[nH]1)C(=O)N[C@H]1CCN(Cc2ccccc2)C1)C1CCCCC1. The summed E-state index contributed by atoms with van der Waals surface area (Å²) in [7, 11) is 0. The van der Waals surface area contributed by atoms with Gasteiger partial charge in [0.25, 0.3) is 0 Å². The molecule has 4 rings (SSSR count). The van der Waals surface area contributed by atoms with Gasteiger partial charge in [-0.25, -0.2) is 4.98 Å². The number of H-pyrrole nitrogens is 1. The van der Waals surface area contributed by atoms with Gasteiger partial charge in [-0.3, -0.25) is 14.5 Å². The number of hydrogen-bond acceptors (Lipinski definition) is 4. The van der Waals surface area contributed by atoms with E-state index in [9.17, 15) is 9.59 Å². The molecule has 1 aromatic carbocycles. The fraction of sp³-hybridized carbons (Fsp3) is 0.542. The fourth-order valence-electron chi connectivity index (χ4n) is 4.72. The molecule has 7 heteroatoms. The van der Waals surface area contributed by atoms with Crippen LogP contribution in [-0.2, 0) is 22.6 Å². The number of nitrogens with zero attached hydrogens (tertiary/aromatic N) is 2. The molecule has 7 nitrogen and oxygen atoms in total. The predicted molar refractivity (Wildman–Crippen MR) is 119 cm³/mol. The summed E-state index contributed by atoms with van der Waals surface area (Å²) in [6, 6.07) is 9.92. The molecular formula is C24H33N5O2. The summed E-state index contributed by atoms with van der Waals surface area (Å²) in [6.45, 7) is 2.68. The lowest BCUT2D eigenvalue weighted by Crippen LogP contribution is -2.52. The van der Waals surface area contributed by atoms with E-state index in [4.69, 9.17) is 0 Å². The largest absolute Gasteiger partial charge is 0.350 e. The van der Waals surface area contributed by atoms with Gasteiger partial charge < -0.3 is 15.6 Å². The number of carbonyl (C=O) groups excluding carboxylic acids is 2. The minimum atomic E-state index is -0.585. The predicted octanol–water partition coefficient (Wildman–Crippen LogP) is 2.41. The number of likely N-dealkylation sites (tertiary alicyclic amines) is 1. The van der Waals surface area contributed by atoms with Crippen LogP contribution in [0.1, 0.15) is 49.8 Å². The van der Waals surface area contributed by atoms with Crippen LogP contribution in [0.2, 0.25) is 0 Å². The first-order valence-electron chi connectivity index (χ1n) is 11.5. The van der Waals surface area contributed by atoms with Crippen molar-refractivity contribution < 1.29 is 9.59 Å². The number of imidazole rings is 1. The molecule has 2 aliphatic rings. The van der Waals surface area contributed by atoms with Crippen molar-refractivity contribution in [2.24, 2.45) is 5.92 Å². The Balaban J connectivity index is 1.33. The maximum absolute atomic E-state index is 13.1. The van der Waals surface area contributed by atoms with E-state index in [1.807, 2.05) is 6.07 Å². The van der Waals surface area contributed by atoms with Crippen LogP contribution in [0.25, 0.3) is 0 Å². The molecule has 2 fully saturated rings. The summed E-state index contributed by atoms with van der Waals surface area (Å²) in [5.74, 6) is -0.0690. The number of aromatic amines is 1. The Morgan fingerprint density at radius 2 is 1.94 bits per heavy atom. The Morgan fingerprint density at radius 1 is 1.13 bits per heavy atom. The second-order valence-corrected chi connectivity index (χ2v) is 8.89. The quantitative estimate of drug-likeness (QED) is 0.608. The van der Waals surface area contributed by atoms with Gasteiger partial charge in [-0.1, -0.05) is 49.6 Å². The van der Waals surface area contributed by atoms with E-state index in [1.165, 1.54) is 12.0 Å². The van der Waals surface area contributed by atoms with Crippen LogP contribution in [0.3, 0.4) is 0 Å². The Hall–Kier alpha value is -2.67.